The first kappa shape index (κ1) is 18.6. The van der Waals surface area contributed by atoms with Crippen LogP contribution in [0.2, 0.25) is 0 Å². The molecule has 2 N–H and O–H groups in total. The molecule has 0 aliphatic carbocycles. The molecule has 0 spiro atoms. The zero-order valence-corrected chi connectivity index (χ0v) is 15.0. The molecule has 0 heterocycles. The Morgan fingerprint density at radius 2 is 1.64 bits per heavy atom. The van der Waals surface area contributed by atoms with Crippen LogP contribution in [0.25, 0.3) is 0 Å². The number of anilines is 1. The number of hydrogen-bond acceptors (Lipinski definition) is 5. The van der Waals surface area contributed by atoms with Crippen LogP contribution in [0.15, 0.2) is 36.4 Å². The van der Waals surface area contributed by atoms with Crippen molar-refractivity contribution in [2.45, 2.75) is 13.5 Å². The number of rotatable bonds is 8. The Morgan fingerprint density at radius 1 is 1.00 bits per heavy atom. The molecule has 1 amide bonds. The monoisotopic (exact) mass is 344 g/mol. The first-order chi connectivity index (χ1) is 12.1. The van der Waals surface area contributed by atoms with Gasteiger partial charge in [-0.25, -0.2) is 0 Å². The summed E-state index contributed by atoms with van der Waals surface area (Å²) < 4.78 is 15.8. The van der Waals surface area contributed by atoms with Gasteiger partial charge in [0.15, 0.2) is 11.5 Å². The van der Waals surface area contributed by atoms with Crippen molar-refractivity contribution < 1.29 is 19.0 Å². The van der Waals surface area contributed by atoms with Gasteiger partial charge in [-0.15, -0.1) is 0 Å². The maximum Gasteiger partial charge on any atom is 0.238 e. The normalized spacial score (nSPS) is 10.2. The van der Waals surface area contributed by atoms with Crippen molar-refractivity contribution in [3.05, 3.63) is 47.5 Å². The molecule has 0 atom stereocenters. The summed E-state index contributed by atoms with van der Waals surface area (Å²) in [6.07, 6.45) is 0. The number of ether oxygens (including phenoxy) is 3. The van der Waals surface area contributed by atoms with Crippen molar-refractivity contribution in [2.75, 3.05) is 33.2 Å². The quantitative estimate of drug-likeness (QED) is 0.771. The van der Waals surface area contributed by atoms with E-state index >= 15 is 0 Å². The fourth-order valence-electron chi connectivity index (χ4n) is 2.48. The minimum atomic E-state index is -0.150. The van der Waals surface area contributed by atoms with Crippen LogP contribution in [-0.2, 0) is 11.3 Å². The zero-order chi connectivity index (χ0) is 18.2. The second kappa shape index (κ2) is 8.94. The molecular formula is C19H24N2O4. The molecule has 2 aromatic rings. The molecule has 2 aromatic carbocycles. The molecule has 0 saturated heterocycles. The Labute approximate surface area is 148 Å². The number of amides is 1. The van der Waals surface area contributed by atoms with Gasteiger partial charge in [-0.3, -0.25) is 4.79 Å². The van der Waals surface area contributed by atoms with E-state index in [1.54, 1.807) is 12.1 Å². The Balaban J connectivity index is 1.97. The lowest BCUT2D eigenvalue weighted by Crippen LogP contribution is -2.28. The van der Waals surface area contributed by atoms with Gasteiger partial charge in [0.05, 0.1) is 27.9 Å². The molecule has 0 fully saturated rings. The summed E-state index contributed by atoms with van der Waals surface area (Å²) in [5.74, 6) is 1.32. The highest BCUT2D eigenvalue weighted by atomic mass is 16.5. The van der Waals surface area contributed by atoms with Crippen LogP contribution in [0.5, 0.6) is 17.2 Å². The van der Waals surface area contributed by atoms with Crippen molar-refractivity contribution in [3.63, 3.8) is 0 Å². The van der Waals surface area contributed by atoms with Crippen LogP contribution < -0.4 is 24.8 Å². The molecule has 25 heavy (non-hydrogen) atoms. The maximum absolute atomic E-state index is 12.2. The summed E-state index contributed by atoms with van der Waals surface area (Å²) in [7, 11) is 4.60. The molecule has 0 unspecified atom stereocenters. The van der Waals surface area contributed by atoms with Gasteiger partial charge in [0, 0.05) is 24.4 Å². The number of nitrogens with one attached hydrogen (secondary N) is 2. The second-order valence-corrected chi connectivity index (χ2v) is 5.49. The minimum Gasteiger partial charge on any atom is -0.493 e. The lowest BCUT2D eigenvalue weighted by atomic mass is 10.1. The molecule has 0 aliphatic heterocycles. The van der Waals surface area contributed by atoms with E-state index in [1.165, 1.54) is 32.5 Å². The van der Waals surface area contributed by atoms with Crippen LogP contribution in [0, 0.1) is 6.92 Å². The third-order valence-corrected chi connectivity index (χ3v) is 3.81. The summed E-state index contributed by atoms with van der Waals surface area (Å²) in [4.78, 5) is 12.2. The standard InChI is InChI=1S/C19H24N2O4/c1-13-7-5-6-8-14(13)11-20-12-18(22)21-15-9-16(23-2)19(25-4)17(10-15)24-3/h5-10,20H,11-12H2,1-4H3,(H,21,22). The van der Waals surface area contributed by atoms with Gasteiger partial charge < -0.3 is 24.8 Å². The van der Waals surface area contributed by atoms with E-state index in [2.05, 4.69) is 10.6 Å². The van der Waals surface area contributed by atoms with E-state index in [0.717, 1.165) is 0 Å². The first-order valence-corrected chi connectivity index (χ1v) is 7.94. The molecule has 6 heteroatoms. The summed E-state index contributed by atoms with van der Waals surface area (Å²) in [5.41, 5.74) is 2.94. The zero-order valence-electron chi connectivity index (χ0n) is 15.0. The van der Waals surface area contributed by atoms with E-state index in [-0.39, 0.29) is 12.5 Å². The number of hydrogen-bond donors (Lipinski definition) is 2. The van der Waals surface area contributed by atoms with E-state index in [0.29, 0.717) is 29.5 Å². The van der Waals surface area contributed by atoms with Gasteiger partial charge >= 0.3 is 0 Å². The van der Waals surface area contributed by atoms with E-state index in [1.807, 2.05) is 31.2 Å². The van der Waals surface area contributed by atoms with Crippen molar-refractivity contribution in [2.24, 2.45) is 0 Å². The minimum absolute atomic E-state index is 0.150. The molecule has 2 rings (SSSR count). The molecule has 6 nitrogen and oxygen atoms in total. The van der Waals surface area contributed by atoms with Crippen molar-refractivity contribution in [1.82, 2.24) is 5.32 Å². The molecule has 0 saturated carbocycles. The fourth-order valence-corrected chi connectivity index (χ4v) is 2.48. The average Bonchev–Trinajstić information content (AvgIpc) is 2.62. The number of benzene rings is 2. The van der Waals surface area contributed by atoms with Gasteiger partial charge in [-0.2, -0.15) is 0 Å². The van der Waals surface area contributed by atoms with E-state index in [9.17, 15) is 4.79 Å². The lowest BCUT2D eigenvalue weighted by molar-refractivity contribution is -0.115. The third-order valence-electron chi connectivity index (χ3n) is 3.81. The number of carbonyl (C=O) groups is 1. The highest BCUT2D eigenvalue weighted by molar-refractivity contribution is 5.93. The number of carbonyl (C=O) groups excluding carboxylic acids is 1. The van der Waals surface area contributed by atoms with Gasteiger partial charge in [-0.1, -0.05) is 24.3 Å². The third kappa shape index (κ3) is 4.87. The molecular weight excluding hydrogens is 320 g/mol. The molecule has 134 valence electrons. The Bertz CT molecular complexity index is 706. The predicted molar refractivity (Wildman–Crippen MR) is 97.6 cm³/mol. The fraction of sp³-hybridized carbons (Fsp3) is 0.316. The smallest absolute Gasteiger partial charge is 0.238 e. The van der Waals surface area contributed by atoms with E-state index in [4.69, 9.17) is 14.2 Å². The molecule has 0 aromatic heterocycles. The summed E-state index contributed by atoms with van der Waals surface area (Å²) in [6, 6.07) is 11.5. The molecule has 0 radical (unpaired) electrons. The number of methoxy groups -OCH3 is 3. The Morgan fingerprint density at radius 3 is 2.20 bits per heavy atom. The summed E-state index contributed by atoms with van der Waals surface area (Å²) in [5, 5.41) is 5.97. The Hall–Kier alpha value is -2.73. The highest BCUT2D eigenvalue weighted by Gasteiger charge is 2.14. The van der Waals surface area contributed by atoms with Crippen molar-refractivity contribution in [1.29, 1.82) is 0 Å². The van der Waals surface area contributed by atoms with Crippen LogP contribution in [0.1, 0.15) is 11.1 Å². The Kier molecular flexibility index (Phi) is 6.65. The molecule has 0 bridgehead atoms. The van der Waals surface area contributed by atoms with Crippen LogP contribution in [0.4, 0.5) is 5.69 Å². The molecule has 0 aliphatic rings. The summed E-state index contributed by atoms with van der Waals surface area (Å²) >= 11 is 0. The van der Waals surface area contributed by atoms with Gasteiger partial charge in [0.1, 0.15) is 0 Å². The van der Waals surface area contributed by atoms with Crippen molar-refractivity contribution >= 4 is 11.6 Å². The highest BCUT2D eigenvalue weighted by Crippen LogP contribution is 2.39. The van der Waals surface area contributed by atoms with E-state index < -0.39 is 0 Å². The van der Waals surface area contributed by atoms with Gasteiger partial charge in [-0.05, 0) is 18.1 Å². The van der Waals surface area contributed by atoms with Gasteiger partial charge in [0.2, 0.25) is 11.7 Å². The summed E-state index contributed by atoms with van der Waals surface area (Å²) in [6.45, 7) is 2.88. The second-order valence-electron chi connectivity index (χ2n) is 5.49. The van der Waals surface area contributed by atoms with Crippen LogP contribution in [-0.4, -0.2) is 33.8 Å². The topological polar surface area (TPSA) is 68.8 Å². The maximum atomic E-state index is 12.2. The SMILES string of the molecule is COc1cc(NC(=O)CNCc2ccccc2C)cc(OC)c1OC. The first-order valence-electron chi connectivity index (χ1n) is 7.94. The number of aryl methyl sites for hydroxylation is 1. The van der Waals surface area contributed by atoms with Crippen molar-refractivity contribution in [3.8, 4) is 17.2 Å². The largest absolute Gasteiger partial charge is 0.493 e. The van der Waals surface area contributed by atoms with Crippen LogP contribution in [0.3, 0.4) is 0 Å². The lowest BCUT2D eigenvalue weighted by Gasteiger charge is -2.15. The van der Waals surface area contributed by atoms with Crippen LogP contribution >= 0.6 is 0 Å². The average molecular weight is 344 g/mol. The predicted octanol–water partition coefficient (Wildman–Crippen LogP) is 2.75. The van der Waals surface area contributed by atoms with Gasteiger partial charge in [0.25, 0.3) is 0 Å².